The fraction of sp³-hybridized carbons (Fsp3) is 0.455. The second-order valence-electron chi connectivity index (χ2n) is 3.54. The van der Waals surface area contributed by atoms with Gasteiger partial charge in [-0.15, -0.1) is 0 Å². The predicted octanol–water partition coefficient (Wildman–Crippen LogP) is 2.96. The van der Waals surface area contributed by atoms with Gasteiger partial charge in [0, 0.05) is 5.56 Å². The molecule has 1 aromatic rings. The van der Waals surface area contributed by atoms with Gasteiger partial charge in [-0.25, -0.2) is 0 Å². The summed E-state index contributed by atoms with van der Waals surface area (Å²) in [6.45, 7) is 2.08. The van der Waals surface area contributed by atoms with Crippen LogP contribution in [0.25, 0.3) is 0 Å². The van der Waals surface area contributed by atoms with Crippen LogP contribution in [0.1, 0.15) is 16.1 Å². The lowest BCUT2D eigenvalue weighted by Gasteiger charge is -2.20. The van der Waals surface area contributed by atoms with Gasteiger partial charge in [0.2, 0.25) is 0 Å². The fourth-order valence-corrected chi connectivity index (χ4v) is 1.68. The van der Waals surface area contributed by atoms with E-state index in [0.29, 0.717) is 0 Å². The van der Waals surface area contributed by atoms with Gasteiger partial charge in [0.05, 0.1) is 12.1 Å². The van der Waals surface area contributed by atoms with Gasteiger partial charge in [-0.2, -0.15) is 0 Å². The molecule has 1 atom stereocenters. The highest BCUT2D eigenvalue weighted by atomic mass is 79.9. The zero-order valence-corrected chi connectivity index (χ0v) is 10.6. The van der Waals surface area contributed by atoms with Gasteiger partial charge in [0.1, 0.15) is 5.75 Å². The first-order valence-corrected chi connectivity index (χ1v) is 5.43. The zero-order chi connectivity index (χ0) is 10.7. The second kappa shape index (κ2) is 4.80. The predicted molar refractivity (Wildman–Crippen MR) is 63.1 cm³/mol. The number of ether oxygens (including phenoxy) is 1. The van der Waals surface area contributed by atoms with Crippen LogP contribution in [0.15, 0.2) is 18.2 Å². The molecule has 1 unspecified atom stereocenters. The van der Waals surface area contributed by atoms with Crippen molar-refractivity contribution >= 4 is 15.9 Å². The zero-order valence-electron chi connectivity index (χ0n) is 9.04. The molecule has 0 aliphatic rings. The molecule has 0 heterocycles. The van der Waals surface area contributed by atoms with E-state index < -0.39 is 0 Å². The number of halogens is 1. The fourth-order valence-electron chi connectivity index (χ4n) is 1.32. The Morgan fingerprint density at radius 1 is 1.36 bits per heavy atom. The third-order valence-corrected chi connectivity index (χ3v) is 3.41. The van der Waals surface area contributed by atoms with Crippen LogP contribution in [0.2, 0.25) is 0 Å². The highest BCUT2D eigenvalue weighted by Gasteiger charge is 2.14. The van der Waals surface area contributed by atoms with Crippen LogP contribution >= 0.6 is 15.9 Å². The minimum Gasteiger partial charge on any atom is -0.496 e. The minimum atomic E-state index is 0.192. The molecule has 0 bridgehead atoms. The molecule has 0 amide bonds. The summed E-state index contributed by atoms with van der Waals surface area (Å²) in [5.74, 6) is 0.922. The number of benzene rings is 1. The number of aryl methyl sites for hydroxylation is 1. The smallest absolute Gasteiger partial charge is 0.124 e. The topological polar surface area (TPSA) is 12.5 Å². The monoisotopic (exact) mass is 257 g/mol. The molecule has 0 fully saturated rings. The second-order valence-corrected chi connectivity index (χ2v) is 4.41. The summed E-state index contributed by atoms with van der Waals surface area (Å²) in [6, 6.07) is 6.19. The maximum atomic E-state index is 5.31. The van der Waals surface area contributed by atoms with Crippen LogP contribution < -0.4 is 4.74 Å². The quantitative estimate of drug-likeness (QED) is 0.610. The van der Waals surface area contributed by atoms with E-state index >= 15 is 0 Å². The Morgan fingerprint density at radius 2 is 2.00 bits per heavy atom. The third kappa shape index (κ3) is 2.49. The van der Waals surface area contributed by atoms with Crippen molar-refractivity contribution in [3.8, 4) is 5.75 Å². The molecule has 14 heavy (non-hydrogen) atoms. The van der Waals surface area contributed by atoms with Gasteiger partial charge in [-0.1, -0.05) is 27.6 Å². The van der Waals surface area contributed by atoms with Crippen LogP contribution in [-0.2, 0) is 0 Å². The Kier molecular flexibility index (Phi) is 3.96. The summed E-state index contributed by atoms with van der Waals surface area (Å²) in [4.78, 5) is 2.29. The Hall–Kier alpha value is -0.540. The van der Waals surface area contributed by atoms with Crippen LogP contribution in [0.4, 0.5) is 0 Å². The first kappa shape index (κ1) is 11.5. The lowest BCUT2D eigenvalue weighted by atomic mass is 10.1. The number of hydrogen-bond donors (Lipinski definition) is 0. The lowest BCUT2D eigenvalue weighted by molar-refractivity contribution is 0.369. The van der Waals surface area contributed by atoms with Crippen molar-refractivity contribution < 1.29 is 4.74 Å². The van der Waals surface area contributed by atoms with Crippen molar-refractivity contribution in [2.45, 2.75) is 11.9 Å². The standard InChI is InChI=1S/C11H16BrNO/c1-8-5-6-10(14-4)9(7-8)11(12)13(2)3/h5-7,11H,1-4H3. The molecular weight excluding hydrogens is 242 g/mol. The normalized spacial score (nSPS) is 13.0. The van der Waals surface area contributed by atoms with E-state index in [1.54, 1.807) is 7.11 Å². The van der Waals surface area contributed by atoms with Gasteiger partial charge in [0.25, 0.3) is 0 Å². The molecule has 0 saturated carbocycles. The highest BCUT2D eigenvalue weighted by Crippen LogP contribution is 2.32. The van der Waals surface area contributed by atoms with E-state index in [-0.39, 0.29) is 4.95 Å². The Labute approximate surface area is 94.0 Å². The van der Waals surface area contributed by atoms with Crippen molar-refractivity contribution in [3.05, 3.63) is 29.3 Å². The van der Waals surface area contributed by atoms with Gasteiger partial charge in [-0.05, 0) is 33.2 Å². The first-order chi connectivity index (χ1) is 6.56. The first-order valence-electron chi connectivity index (χ1n) is 4.51. The molecule has 0 aliphatic carbocycles. The van der Waals surface area contributed by atoms with Gasteiger partial charge >= 0.3 is 0 Å². The van der Waals surface area contributed by atoms with Crippen molar-refractivity contribution in [2.24, 2.45) is 0 Å². The Balaban J connectivity index is 3.10. The number of rotatable bonds is 3. The molecule has 1 rings (SSSR count). The van der Waals surface area contributed by atoms with E-state index in [1.807, 2.05) is 20.2 Å². The summed E-state index contributed by atoms with van der Waals surface area (Å²) in [7, 11) is 5.76. The van der Waals surface area contributed by atoms with Gasteiger partial charge in [0.15, 0.2) is 0 Å². The Morgan fingerprint density at radius 3 is 2.50 bits per heavy atom. The SMILES string of the molecule is COc1ccc(C)cc1C(Br)N(C)C. The summed E-state index contributed by atoms with van der Waals surface area (Å²) < 4.78 is 5.31. The maximum Gasteiger partial charge on any atom is 0.124 e. The highest BCUT2D eigenvalue weighted by molar-refractivity contribution is 9.09. The van der Waals surface area contributed by atoms with Crippen LogP contribution in [-0.4, -0.2) is 26.1 Å². The number of hydrogen-bond acceptors (Lipinski definition) is 2. The van der Waals surface area contributed by atoms with Crippen molar-refractivity contribution in [1.82, 2.24) is 4.90 Å². The summed E-state index contributed by atoms with van der Waals surface area (Å²) in [5, 5.41) is 0. The molecular formula is C11H16BrNO. The van der Waals surface area contributed by atoms with Crippen LogP contribution in [0.3, 0.4) is 0 Å². The summed E-state index contributed by atoms with van der Waals surface area (Å²) in [5.41, 5.74) is 2.41. The molecule has 3 heteroatoms. The van der Waals surface area contributed by atoms with E-state index in [9.17, 15) is 0 Å². The third-order valence-electron chi connectivity index (χ3n) is 2.10. The number of methoxy groups -OCH3 is 1. The van der Waals surface area contributed by atoms with Crippen molar-refractivity contribution in [1.29, 1.82) is 0 Å². The van der Waals surface area contributed by atoms with Crippen LogP contribution in [0.5, 0.6) is 5.75 Å². The molecule has 0 N–H and O–H groups in total. The van der Waals surface area contributed by atoms with Crippen molar-refractivity contribution in [3.63, 3.8) is 0 Å². The molecule has 0 saturated heterocycles. The summed E-state index contributed by atoms with van der Waals surface area (Å²) >= 11 is 3.62. The molecule has 0 aromatic heterocycles. The molecule has 78 valence electrons. The average molecular weight is 258 g/mol. The molecule has 0 radical (unpaired) electrons. The lowest BCUT2D eigenvalue weighted by Crippen LogP contribution is -2.15. The van der Waals surface area contributed by atoms with E-state index in [4.69, 9.17) is 4.74 Å². The summed E-state index contributed by atoms with van der Waals surface area (Å²) in [6.07, 6.45) is 0. The minimum absolute atomic E-state index is 0.192. The van der Waals surface area contributed by atoms with E-state index in [0.717, 1.165) is 11.3 Å². The Bertz CT molecular complexity index is 312. The van der Waals surface area contributed by atoms with Gasteiger partial charge in [-0.3, -0.25) is 4.90 Å². The van der Waals surface area contributed by atoms with Crippen LogP contribution in [0, 0.1) is 6.92 Å². The number of nitrogens with zero attached hydrogens (tertiary/aromatic N) is 1. The van der Waals surface area contributed by atoms with Crippen molar-refractivity contribution in [2.75, 3.05) is 21.2 Å². The average Bonchev–Trinajstić information content (AvgIpc) is 2.16. The number of alkyl halides is 1. The molecule has 1 aromatic carbocycles. The molecule has 2 nitrogen and oxygen atoms in total. The molecule has 0 spiro atoms. The van der Waals surface area contributed by atoms with E-state index in [2.05, 4.69) is 39.9 Å². The van der Waals surface area contributed by atoms with Gasteiger partial charge < -0.3 is 4.74 Å². The largest absolute Gasteiger partial charge is 0.496 e. The molecule has 0 aliphatic heterocycles. The maximum absolute atomic E-state index is 5.31. The van der Waals surface area contributed by atoms with E-state index in [1.165, 1.54) is 5.56 Å².